The Morgan fingerprint density at radius 1 is 1.10 bits per heavy atom. The van der Waals surface area contributed by atoms with Gasteiger partial charge in [-0.3, -0.25) is 19.2 Å². The normalized spacial score (nSPS) is 17.8. The van der Waals surface area contributed by atoms with Gasteiger partial charge in [-0.2, -0.15) is 0 Å². The minimum atomic E-state index is -1.08. The summed E-state index contributed by atoms with van der Waals surface area (Å²) in [5, 5.41) is 14.2. The number of likely N-dealkylation sites (tertiary alicyclic amines) is 1. The molecule has 1 aliphatic heterocycles. The lowest BCUT2D eigenvalue weighted by molar-refractivity contribution is -0.148. The molecule has 0 aromatic rings. The first-order chi connectivity index (χ1) is 14.2. The van der Waals surface area contributed by atoms with Crippen molar-refractivity contribution in [3.8, 4) is 0 Å². The lowest BCUT2D eigenvalue weighted by Gasteiger charge is -2.23. The molecular weight excluding hydrogens is 396 g/mol. The maximum Gasteiger partial charge on any atom is 0.326 e. The van der Waals surface area contributed by atoms with Crippen molar-refractivity contribution in [2.24, 2.45) is 17.2 Å². The first-order valence-electron chi connectivity index (χ1n) is 10.0. The second-order valence-electron chi connectivity index (χ2n) is 7.26. The van der Waals surface area contributed by atoms with Crippen molar-refractivity contribution < 1.29 is 29.1 Å². The van der Waals surface area contributed by atoms with E-state index >= 15 is 0 Å². The quantitative estimate of drug-likeness (QED) is 0.171. The van der Waals surface area contributed by atoms with E-state index in [0.29, 0.717) is 38.8 Å². The van der Waals surface area contributed by atoms with Gasteiger partial charge in [0.2, 0.25) is 23.6 Å². The van der Waals surface area contributed by atoms with E-state index in [1.807, 2.05) is 0 Å². The van der Waals surface area contributed by atoms with Crippen LogP contribution in [0.25, 0.3) is 0 Å². The molecule has 1 rings (SSSR count). The summed E-state index contributed by atoms with van der Waals surface area (Å²) in [5.41, 5.74) is 16.2. The number of nitrogens with zero attached hydrogens (tertiary/aromatic N) is 1. The third-order valence-corrected chi connectivity index (χ3v) is 4.89. The fraction of sp³-hybridized carbons (Fsp3) is 0.722. The Bertz CT molecular complexity index is 643. The number of carboxylic acid groups (broad SMARTS) is 1. The second kappa shape index (κ2) is 12.8. The maximum atomic E-state index is 12.5. The predicted octanol–water partition coefficient (Wildman–Crippen LogP) is -2.62. The van der Waals surface area contributed by atoms with Crippen LogP contribution in [0.3, 0.4) is 0 Å². The van der Waals surface area contributed by atoms with E-state index in [1.165, 1.54) is 4.90 Å². The highest BCUT2D eigenvalue weighted by molar-refractivity contribution is 5.92. The summed E-state index contributed by atoms with van der Waals surface area (Å²) in [6.45, 7) is 0.362. The number of aliphatic carboxylic acids is 1. The molecular formula is C18H32N6O6. The number of nitrogens with two attached hydrogens (primary N) is 3. The fourth-order valence-electron chi connectivity index (χ4n) is 3.18. The smallest absolute Gasteiger partial charge is 0.326 e. The minimum absolute atomic E-state index is 0.0440. The average molecular weight is 428 g/mol. The lowest BCUT2D eigenvalue weighted by atomic mass is 10.1. The molecule has 3 atom stereocenters. The van der Waals surface area contributed by atoms with Crippen LogP contribution >= 0.6 is 0 Å². The van der Waals surface area contributed by atoms with Crippen LogP contribution < -0.4 is 27.8 Å². The number of nitrogens with one attached hydrogen (secondary N) is 2. The molecule has 9 N–H and O–H groups in total. The summed E-state index contributed by atoms with van der Waals surface area (Å²) >= 11 is 0. The van der Waals surface area contributed by atoms with Gasteiger partial charge in [0.25, 0.3) is 0 Å². The number of amides is 4. The van der Waals surface area contributed by atoms with Crippen LogP contribution in [0.1, 0.15) is 44.9 Å². The van der Waals surface area contributed by atoms with E-state index in [1.54, 1.807) is 0 Å². The summed E-state index contributed by atoms with van der Waals surface area (Å²) in [6.07, 6.45) is 2.42. The third kappa shape index (κ3) is 8.33. The van der Waals surface area contributed by atoms with E-state index in [0.717, 1.165) is 0 Å². The number of primary amides is 1. The first-order valence-corrected chi connectivity index (χ1v) is 10.0. The number of hydrogen-bond acceptors (Lipinski definition) is 7. The lowest BCUT2D eigenvalue weighted by Crippen LogP contribution is -2.53. The molecule has 0 aromatic carbocycles. The molecule has 0 aromatic heterocycles. The van der Waals surface area contributed by atoms with Crippen molar-refractivity contribution in [1.82, 2.24) is 15.5 Å². The molecule has 4 amide bonds. The highest BCUT2D eigenvalue weighted by atomic mass is 16.4. The zero-order valence-electron chi connectivity index (χ0n) is 17.0. The van der Waals surface area contributed by atoms with Gasteiger partial charge in [0.05, 0.1) is 12.6 Å². The Balaban J connectivity index is 2.64. The zero-order valence-corrected chi connectivity index (χ0v) is 17.0. The Hall–Kier alpha value is -2.73. The average Bonchev–Trinajstić information content (AvgIpc) is 3.19. The predicted molar refractivity (Wildman–Crippen MR) is 107 cm³/mol. The van der Waals surface area contributed by atoms with Crippen molar-refractivity contribution in [3.05, 3.63) is 0 Å². The van der Waals surface area contributed by atoms with Crippen LogP contribution in [0, 0.1) is 0 Å². The van der Waals surface area contributed by atoms with Crippen LogP contribution in [0.15, 0.2) is 0 Å². The van der Waals surface area contributed by atoms with E-state index in [9.17, 15) is 24.0 Å². The summed E-state index contributed by atoms with van der Waals surface area (Å²) < 4.78 is 0. The van der Waals surface area contributed by atoms with Crippen molar-refractivity contribution in [3.63, 3.8) is 0 Å². The molecule has 1 heterocycles. The van der Waals surface area contributed by atoms with Crippen molar-refractivity contribution in [2.75, 3.05) is 19.6 Å². The maximum absolute atomic E-state index is 12.5. The third-order valence-electron chi connectivity index (χ3n) is 4.89. The molecule has 1 fully saturated rings. The van der Waals surface area contributed by atoms with E-state index in [-0.39, 0.29) is 25.8 Å². The first kappa shape index (κ1) is 25.3. The molecule has 0 radical (unpaired) electrons. The van der Waals surface area contributed by atoms with Crippen molar-refractivity contribution >= 4 is 29.6 Å². The Kier molecular flexibility index (Phi) is 10.8. The Labute approximate surface area is 174 Å². The molecule has 12 nitrogen and oxygen atoms in total. The van der Waals surface area contributed by atoms with Gasteiger partial charge in [0.15, 0.2) is 0 Å². The summed E-state index contributed by atoms with van der Waals surface area (Å²) in [6, 6.07) is -2.84. The van der Waals surface area contributed by atoms with E-state index in [4.69, 9.17) is 22.3 Å². The number of rotatable bonds is 13. The van der Waals surface area contributed by atoms with Crippen LogP contribution in [0.5, 0.6) is 0 Å². The second-order valence-corrected chi connectivity index (χ2v) is 7.26. The van der Waals surface area contributed by atoms with Gasteiger partial charge >= 0.3 is 5.97 Å². The van der Waals surface area contributed by atoms with E-state index < -0.39 is 47.7 Å². The minimum Gasteiger partial charge on any atom is -0.480 e. The Morgan fingerprint density at radius 2 is 1.80 bits per heavy atom. The van der Waals surface area contributed by atoms with Crippen LogP contribution in [-0.4, -0.2) is 77.4 Å². The summed E-state index contributed by atoms with van der Waals surface area (Å²) in [7, 11) is 0. The van der Waals surface area contributed by atoms with Gasteiger partial charge in [-0.15, -0.1) is 0 Å². The highest BCUT2D eigenvalue weighted by Crippen LogP contribution is 2.17. The van der Waals surface area contributed by atoms with Gasteiger partial charge in [0.1, 0.15) is 12.1 Å². The van der Waals surface area contributed by atoms with Gasteiger partial charge in [-0.05, 0) is 45.1 Å². The fourth-order valence-corrected chi connectivity index (χ4v) is 3.18. The number of carbonyl (C=O) groups excluding carboxylic acids is 4. The summed E-state index contributed by atoms with van der Waals surface area (Å²) in [4.78, 5) is 60.4. The molecule has 0 aliphatic carbocycles. The molecule has 0 saturated carbocycles. The topological polar surface area (TPSA) is 211 Å². The van der Waals surface area contributed by atoms with Crippen LogP contribution in [-0.2, 0) is 24.0 Å². The molecule has 0 spiro atoms. The largest absolute Gasteiger partial charge is 0.480 e. The van der Waals surface area contributed by atoms with Gasteiger partial charge < -0.3 is 37.8 Å². The molecule has 1 aliphatic rings. The number of carboxylic acids is 1. The molecule has 12 heteroatoms. The zero-order chi connectivity index (χ0) is 22.7. The van der Waals surface area contributed by atoms with Gasteiger partial charge in [-0.25, -0.2) is 4.79 Å². The molecule has 30 heavy (non-hydrogen) atoms. The number of carbonyl (C=O) groups is 5. The molecule has 3 unspecified atom stereocenters. The monoisotopic (exact) mass is 428 g/mol. The SMILES string of the molecule is NCCCCC(NC(=O)C(N)CCC(N)=O)C(=O)NCC(=O)N1CCCC1C(=O)O. The van der Waals surface area contributed by atoms with Crippen molar-refractivity contribution in [1.29, 1.82) is 0 Å². The van der Waals surface area contributed by atoms with Gasteiger partial charge in [-0.1, -0.05) is 0 Å². The highest BCUT2D eigenvalue weighted by Gasteiger charge is 2.34. The number of hydrogen-bond donors (Lipinski definition) is 6. The molecule has 1 saturated heterocycles. The van der Waals surface area contributed by atoms with Crippen LogP contribution in [0.2, 0.25) is 0 Å². The van der Waals surface area contributed by atoms with E-state index in [2.05, 4.69) is 10.6 Å². The molecule has 0 bridgehead atoms. The van der Waals surface area contributed by atoms with Crippen molar-refractivity contribution in [2.45, 2.75) is 63.1 Å². The number of unbranched alkanes of at least 4 members (excludes halogenated alkanes) is 1. The van der Waals surface area contributed by atoms with Crippen LogP contribution in [0.4, 0.5) is 0 Å². The van der Waals surface area contributed by atoms with Gasteiger partial charge in [0, 0.05) is 13.0 Å². The summed E-state index contributed by atoms with van der Waals surface area (Å²) in [5.74, 6) is -3.36. The standard InChI is InChI=1S/C18H32N6O6/c19-8-2-1-4-12(23-16(27)11(20)6-7-14(21)25)17(28)22-10-15(26)24-9-3-5-13(24)18(29)30/h11-13H,1-10,19-20H2,(H2,21,25)(H,22,28)(H,23,27)(H,29,30). The Morgan fingerprint density at radius 3 is 2.40 bits per heavy atom. The molecule has 170 valence electrons.